The van der Waals surface area contributed by atoms with Crippen LogP contribution in [0.4, 0.5) is 0 Å². The average Bonchev–Trinajstić information content (AvgIpc) is 2.77. The van der Waals surface area contributed by atoms with Crippen LogP contribution in [0.1, 0.15) is 24.3 Å². The number of esters is 1. The Bertz CT molecular complexity index is 743. The fourth-order valence-corrected chi connectivity index (χ4v) is 3.48. The molecule has 1 fully saturated rings. The molecule has 2 aliphatic rings. The van der Waals surface area contributed by atoms with Gasteiger partial charge in [-0.15, -0.1) is 13.2 Å². The molecule has 11 nitrogen and oxygen atoms in total. The zero-order chi connectivity index (χ0) is 23.3. The third kappa shape index (κ3) is 7.19. The zero-order valence-corrected chi connectivity index (χ0v) is 18.6. The van der Waals surface area contributed by atoms with Gasteiger partial charge in [0.1, 0.15) is 17.2 Å². The summed E-state index contributed by atoms with van der Waals surface area (Å²) in [6.45, 7) is 10.6. The predicted octanol–water partition coefficient (Wildman–Crippen LogP) is -0.240. The van der Waals surface area contributed by atoms with E-state index in [0.29, 0.717) is 19.8 Å². The number of rotatable bonds is 3. The summed E-state index contributed by atoms with van der Waals surface area (Å²) in [6, 6.07) is 1.31. The second kappa shape index (κ2) is 14.6. The molecule has 0 bridgehead atoms. The Labute approximate surface area is 176 Å². The van der Waals surface area contributed by atoms with Gasteiger partial charge < -0.3 is 34.3 Å². The molecular formula is C18H30N3O8P. The summed E-state index contributed by atoms with van der Waals surface area (Å²) >= 11 is 0. The van der Waals surface area contributed by atoms with Gasteiger partial charge in [-0.3, -0.25) is 19.1 Å². The molecule has 1 amide bonds. The summed E-state index contributed by atoms with van der Waals surface area (Å²) in [7, 11) is 0.235. The lowest BCUT2D eigenvalue weighted by atomic mass is 10.2. The minimum Gasteiger partial charge on any atom is -0.469 e. The predicted molar refractivity (Wildman–Crippen MR) is 113 cm³/mol. The van der Waals surface area contributed by atoms with Crippen molar-refractivity contribution in [2.24, 2.45) is 0 Å². The summed E-state index contributed by atoms with van der Waals surface area (Å²) in [5.41, 5.74) is 2.84. The molecule has 1 aromatic rings. The van der Waals surface area contributed by atoms with Crippen LogP contribution in [0.3, 0.4) is 0 Å². The van der Waals surface area contributed by atoms with Crippen LogP contribution in [0.25, 0.3) is 0 Å². The smallest absolute Gasteiger partial charge is 0.302 e. The van der Waals surface area contributed by atoms with Crippen LogP contribution >= 0.6 is 8.38 Å². The lowest BCUT2D eigenvalue weighted by Gasteiger charge is -2.41. The topological polar surface area (TPSA) is 140 Å². The van der Waals surface area contributed by atoms with Crippen molar-refractivity contribution in [1.29, 1.82) is 0 Å². The molecule has 1 aromatic heterocycles. The Morgan fingerprint density at radius 2 is 2.00 bits per heavy atom. The Balaban J connectivity index is 0.000000808. The van der Waals surface area contributed by atoms with Gasteiger partial charge >= 0.3 is 5.97 Å². The van der Waals surface area contributed by atoms with E-state index in [0.717, 1.165) is 7.11 Å². The van der Waals surface area contributed by atoms with E-state index in [4.69, 9.17) is 14.4 Å². The Morgan fingerprint density at radius 3 is 2.53 bits per heavy atom. The Morgan fingerprint density at radius 1 is 1.40 bits per heavy atom. The highest BCUT2D eigenvalue weighted by molar-refractivity contribution is 7.55. The highest BCUT2D eigenvalue weighted by Crippen LogP contribution is 2.31. The number of hydrogen-bond acceptors (Lipinski definition) is 9. The van der Waals surface area contributed by atoms with Crippen LogP contribution in [0, 0.1) is 0 Å². The van der Waals surface area contributed by atoms with E-state index in [1.54, 1.807) is 11.8 Å². The molecule has 0 aliphatic carbocycles. The quantitative estimate of drug-likeness (QED) is 0.325. The molecule has 2 atom stereocenters. The molecule has 2 aliphatic heterocycles. The van der Waals surface area contributed by atoms with E-state index in [1.807, 2.05) is 0 Å². The fraction of sp³-hybridized carbons (Fsp3) is 0.500. The minimum atomic E-state index is -2.11. The largest absolute Gasteiger partial charge is 0.469 e. The molecule has 0 spiro atoms. The van der Waals surface area contributed by atoms with Crippen molar-refractivity contribution in [1.82, 2.24) is 9.58 Å². The summed E-state index contributed by atoms with van der Waals surface area (Å²) in [5, 5.41) is 7.02. The van der Waals surface area contributed by atoms with E-state index in [1.165, 1.54) is 31.0 Å². The molecule has 3 heterocycles. The van der Waals surface area contributed by atoms with E-state index in [-0.39, 0.29) is 35.6 Å². The number of methoxy groups -OCH3 is 1. The van der Waals surface area contributed by atoms with Crippen LogP contribution in [0.5, 0.6) is 0 Å². The second-order valence-corrected chi connectivity index (χ2v) is 6.60. The normalized spacial score (nSPS) is 17.1. The summed E-state index contributed by atoms with van der Waals surface area (Å²) in [5.74, 6) is -0.541. The van der Waals surface area contributed by atoms with Crippen molar-refractivity contribution in [3.8, 4) is 0 Å². The first-order valence-corrected chi connectivity index (χ1v) is 10.1. The van der Waals surface area contributed by atoms with Crippen LogP contribution < -0.4 is 16.2 Å². The van der Waals surface area contributed by atoms with E-state index >= 15 is 0 Å². The molecule has 30 heavy (non-hydrogen) atoms. The second-order valence-electron chi connectivity index (χ2n) is 5.35. The number of pyridine rings is 1. The SMILES string of the molecule is C=C.CCOP(O)c1c2n(ccc1=O)NC1COCCN1C2=O.CO.COC(C)=O. The number of fused-ring (bicyclic) bond motifs is 2. The lowest BCUT2D eigenvalue weighted by molar-refractivity contribution is -0.137. The molecule has 12 heteroatoms. The number of nitrogens with one attached hydrogen (secondary N) is 1. The van der Waals surface area contributed by atoms with Gasteiger partial charge in [-0.05, 0) is 6.92 Å². The monoisotopic (exact) mass is 447 g/mol. The number of aliphatic hydroxyl groups excluding tert-OH is 1. The number of ether oxygens (including phenoxy) is 2. The van der Waals surface area contributed by atoms with Crippen molar-refractivity contribution in [3.63, 3.8) is 0 Å². The highest BCUT2D eigenvalue weighted by Gasteiger charge is 2.37. The van der Waals surface area contributed by atoms with Gasteiger partial charge in [-0.25, -0.2) is 0 Å². The van der Waals surface area contributed by atoms with Crippen LogP contribution in [-0.4, -0.2) is 78.2 Å². The standard InChI is InChI=1S/C12H16N3O5P.C3H6O2.C2H4.CH4O/c1-2-20-21(18)11-8(16)3-4-15-10(11)12(17)14-5-6-19-7-9(14)13-15;1-3(4)5-2;2*1-2/h3-4,9,13,18H,2,5-7H2,1H3;1-2H3;1-2H2;2H,1H3. The average molecular weight is 447 g/mol. The van der Waals surface area contributed by atoms with Crippen molar-refractivity contribution in [2.45, 2.75) is 20.0 Å². The van der Waals surface area contributed by atoms with Gasteiger partial charge in [0.2, 0.25) is 8.38 Å². The number of aromatic nitrogens is 1. The molecule has 3 rings (SSSR count). The highest BCUT2D eigenvalue weighted by atomic mass is 31.2. The van der Waals surface area contributed by atoms with Gasteiger partial charge in [-0.1, -0.05) is 0 Å². The number of carbonyl (C=O) groups is 2. The number of carbonyl (C=O) groups excluding carboxylic acids is 2. The van der Waals surface area contributed by atoms with Crippen LogP contribution in [0.15, 0.2) is 30.2 Å². The van der Waals surface area contributed by atoms with E-state index in [2.05, 4.69) is 23.3 Å². The van der Waals surface area contributed by atoms with Crippen molar-refractivity contribution < 1.29 is 33.6 Å². The zero-order valence-electron chi connectivity index (χ0n) is 17.7. The van der Waals surface area contributed by atoms with Crippen LogP contribution in [-0.2, 0) is 18.8 Å². The maximum absolute atomic E-state index is 12.6. The Hall–Kier alpha value is -2.30. The van der Waals surface area contributed by atoms with Gasteiger partial charge in [0.15, 0.2) is 5.43 Å². The summed E-state index contributed by atoms with van der Waals surface area (Å²) < 4.78 is 16.1. The summed E-state index contributed by atoms with van der Waals surface area (Å²) in [4.78, 5) is 46.0. The summed E-state index contributed by atoms with van der Waals surface area (Å²) in [6.07, 6.45) is 1.21. The van der Waals surface area contributed by atoms with Crippen molar-refractivity contribution in [2.75, 3.05) is 46.0 Å². The van der Waals surface area contributed by atoms with Gasteiger partial charge in [0, 0.05) is 32.8 Å². The first kappa shape index (κ1) is 27.7. The minimum absolute atomic E-state index is 0.0248. The number of nitrogens with zero attached hydrogens (tertiary/aromatic N) is 2. The third-order valence-corrected chi connectivity index (χ3v) is 5.00. The number of amides is 1. The third-order valence-electron chi connectivity index (χ3n) is 3.68. The van der Waals surface area contributed by atoms with E-state index in [9.17, 15) is 19.3 Å². The Kier molecular flexibility index (Phi) is 13.5. The first-order valence-electron chi connectivity index (χ1n) is 8.92. The first-order chi connectivity index (χ1) is 14.4. The maximum atomic E-state index is 12.6. The van der Waals surface area contributed by atoms with Gasteiger partial charge in [0.05, 0.1) is 26.9 Å². The number of hydrogen-bond donors (Lipinski definition) is 3. The fourth-order valence-electron chi connectivity index (χ4n) is 2.46. The number of aliphatic hydroxyl groups is 1. The molecule has 2 unspecified atom stereocenters. The molecule has 0 radical (unpaired) electrons. The maximum Gasteiger partial charge on any atom is 0.302 e. The molecule has 1 saturated heterocycles. The lowest BCUT2D eigenvalue weighted by Crippen LogP contribution is -2.61. The van der Waals surface area contributed by atoms with Crippen LogP contribution in [0.2, 0.25) is 0 Å². The molecule has 3 N–H and O–H groups in total. The molecular weight excluding hydrogens is 417 g/mol. The van der Waals surface area contributed by atoms with Gasteiger partial charge in [-0.2, -0.15) is 0 Å². The van der Waals surface area contributed by atoms with Crippen molar-refractivity contribution in [3.05, 3.63) is 41.3 Å². The van der Waals surface area contributed by atoms with Gasteiger partial charge in [0.25, 0.3) is 5.91 Å². The number of morpholine rings is 1. The van der Waals surface area contributed by atoms with Crippen molar-refractivity contribution >= 4 is 25.6 Å². The van der Waals surface area contributed by atoms with E-state index < -0.39 is 13.8 Å². The molecule has 170 valence electrons. The molecule has 0 saturated carbocycles. The molecule has 0 aromatic carbocycles.